The van der Waals surface area contributed by atoms with E-state index in [0.717, 1.165) is 22.8 Å². The second-order valence-corrected chi connectivity index (χ2v) is 8.68. The predicted molar refractivity (Wildman–Crippen MR) is 102 cm³/mol. The van der Waals surface area contributed by atoms with E-state index in [0.29, 0.717) is 29.0 Å². The van der Waals surface area contributed by atoms with Gasteiger partial charge in [-0.25, -0.2) is 0 Å². The number of carbonyl (C=O) groups is 2. The maximum Gasteiger partial charge on any atom is 0.306 e. The molecule has 0 radical (unpaired) electrons. The Morgan fingerprint density at radius 3 is 2.70 bits per heavy atom. The first kappa shape index (κ1) is 18.1. The van der Waals surface area contributed by atoms with Crippen LogP contribution in [-0.4, -0.2) is 22.1 Å². The Hall–Kier alpha value is -2.28. The van der Waals surface area contributed by atoms with Crippen molar-refractivity contribution < 1.29 is 14.3 Å². The number of benzene rings is 1. The van der Waals surface area contributed by atoms with E-state index in [2.05, 4.69) is 15.5 Å². The monoisotopic (exact) mass is 385 g/mol. The normalized spacial score (nSPS) is 23.4. The summed E-state index contributed by atoms with van der Waals surface area (Å²) >= 11 is 1.15. The number of aromatic nitrogens is 2. The van der Waals surface area contributed by atoms with Gasteiger partial charge in [0.2, 0.25) is 5.01 Å². The van der Waals surface area contributed by atoms with E-state index in [1.54, 1.807) is 0 Å². The van der Waals surface area contributed by atoms with Gasteiger partial charge in [0.1, 0.15) is 6.61 Å². The molecule has 1 N–H and O–H groups in total. The van der Waals surface area contributed by atoms with Crippen molar-refractivity contribution in [3.8, 4) is 0 Å². The molecule has 2 aliphatic carbocycles. The Kier molecular flexibility index (Phi) is 5.20. The number of anilines is 1. The molecule has 27 heavy (non-hydrogen) atoms. The first-order valence-electron chi connectivity index (χ1n) is 9.43. The minimum absolute atomic E-state index is 0.0785. The summed E-state index contributed by atoms with van der Waals surface area (Å²) in [5.74, 6) is 1.54. The largest absolute Gasteiger partial charge is 0.458 e. The zero-order valence-corrected chi connectivity index (χ0v) is 16.1. The Morgan fingerprint density at radius 2 is 2.00 bits per heavy atom. The first-order valence-corrected chi connectivity index (χ1v) is 10.2. The third-order valence-electron chi connectivity index (χ3n) is 5.64. The third-order valence-corrected chi connectivity index (χ3v) is 6.54. The minimum Gasteiger partial charge on any atom is -0.458 e. The van der Waals surface area contributed by atoms with Gasteiger partial charge in [-0.3, -0.25) is 9.59 Å². The quantitative estimate of drug-likeness (QED) is 0.761. The fourth-order valence-electron chi connectivity index (χ4n) is 4.27. The number of hydrogen-bond acceptors (Lipinski definition) is 6. The van der Waals surface area contributed by atoms with Gasteiger partial charge in [0.15, 0.2) is 5.01 Å². The fourth-order valence-corrected chi connectivity index (χ4v) is 4.91. The van der Waals surface area contributed by atoms with Gasteiger partial charge in [-0.2, -0.15) is 0 Å². The maximum atomic E-state index is 12.2. The second kappa shape index (κ2) is 7.76. The molecule has 0 aliphatic heterocycles. The van der Waals surface area contributed by atoms with Gasteiger partial charge in [-0.15, -0.1) is 10.2 Å². The molecule has 0 unspecified atom stereocenters. The van der Waals surface area contributed by atoms with Crippen LogP contribution in [0.15, 0.2) is 24.3 Å². The summed E-state index contributed by atoms with van der Waals surface area (Å²) in [4.78, 5) is 24.4. The van der Waals surface area contributed by atoms with E-state index in [1.165, 1.54) is 25.7 Å². The highest BCUT2D eigenvalue weighted by Gasteiger charge is 2.40. The number of ether oxygens (including phenoxy) is 1. The van der Waals surface area contributed by atoms with Crippen LogP contribution in [0.4, 0.5) is 5.69 Å². The zero-order chi connectivity index (χ0) is 18.8. The van der Waals surface area contributed by atoms with Crippen molar-refractivity contribution in [1.82, 2.24) is 10.2 Å². The molecule has 2 bridgehead atoms. The topological polar surface area (TPSA) is 81.2 Å². The summed E-state index contributed by atoms with van der Waals surface area (Å²) in [5.41, 5.74) is 1.83. The summed E-state index contributed by atoms with van der Waals surface area (Å²) in [6.45, 7) is 2.07. The lowest BCUT2D eigenvalue weighted by atomic mass is 9.86. The lowest BCUT2D eigenvalue weighted by Gasteiger charge is -2.20. The molecule has 6 nitrogen and oxygen atoms in total. The molecule has 2 saturated carbocycles. The van der Waals surface area contributed by atoms with Crippen LogP contribution in [-0.2, 0) is 16.1 Å². The van der Waals surface area contributed by atoms with E-state index < -0.39 is 0 Å². The van der Waals surface area contributed by atoms with E-state index in [4.69, 9.17) is 4.74 Å². The summed E-state index contributed by atoms with van der Waals surface area (Å²) in [6.07, 6.45) is 5.54. The molecular weight excluding hydrogens is 362 g/mol. The average Bonchev–Trinajstić information content (AvgIpc) is 3.38. The van der Waals surface area contributed by atoms with Gasteiger partial charge in [0, 0.05) is 12.1 Å². The molecule has 2 fully saturated rings. The van der Waals surface area contributed by atoms with Gasteiger partial charge in [0.05, 0.1) is 0 Å². The van der Waals surface area contributed by atoms with Crippen molar-refractivity contribution in [2.24, 2.45) is 17.8 Å². The SMILES string of the molecule is Cc1ccc(NC(=O)c2nnc(COC(=O)C[C@@H]3C[C@H]4CC[C@H]3C4)s2)cc1. The van der Waals surface area contributed by atoms with Crippen LogP contribution >= 0.6 is 11.3 Å². The number of esters is 1. The van der Waals surface area contributed by atoms with Crippen molar-refractivity contribution >= 4 is 28.9 Å². The predicted octanol–water partition coefficient (Wildman–Crippen LogP) is 3.97. The number of hydrogen-bond donors (Lipinski definition) is 1. The van der Waals surface area contributed by atoms with E-state index >= 15 is 0 Å². The van der Waals surface area contributed by atoms with Crippen LogP contribution in [0.1, 0.15) is 52.5 Å². The molecule has 142 valence electrons. The Labute approximate surface area is 162 Å². The zero-order valence-electron chi connectivity index (χ0n) is 15.3. The molecule has 0 spiro atoms. The maximum absolute atomic E-state index is 12.2. The smallest absolute Gasteiger partial charge is 0.306 e. The summed E-state index contributed by atoms with van der Waals surface area (Å²) in [5, 5.41) is 11.5. The molecule has 2 aliphatic rings. The number of carbonyl (C=O) groups excluding carboxylic acids is 2. The van der Waals surface area contributed by atoms with E-state index in [-0.39, 0.29) is 23.5 Å². The second-order valence-electron chi connectivity index (χ2n) is 7.62. The van der Waals surface area contributed by atoms with Gasteiger partial charge in [0.25, 0.3) is 5.91 Å². The average molecular weight is 385 g/mol. The number of nitrogens with zero attached hydrogens (tertiary/aromatic N) is 2. The molecule has 1 aromatic carbocycles. The molecule has 3 atom stereocenters. The summed E-state index contributed by atoms with van der Waals surface area (Å²) in [6, 6.07) is 7.53. The third kappa shape index (κ3) is 4.35. The number of rotatable bonds is 6. The molecule has 0 saturated heterocycles. The van der Waals surface area contributed by atoms with Gasteiger partial charge in [-0.05, 0) is 56.1 Å². The first-order chi connectivity index (χ1) is 13.1. The van der Waals surface area contributed by atoms with Crippen LogP contribution in [0.2, 0.25) is 0 Å². The van der Waals surface area contributed by atoms with Crippen molar-refractivity contribution in [1.29, 1.82) is 0 Å². The number of aryl methyl sites for hydroxylation is 1. The van der Waals surface area contributed by atoms with Crippen molar-refractivity contribution in [3.05, 3.63) is 39.8 Å². The van der Waals surface area contributed by atoms with E-state index in [1.807, 2.05) is 31.2 Å². The molecule has 4 rings (SSSR count). The highest BCUT2D eigenvalue weighted by atomic mass is 32.1. The Morgan fingerprint density at radius 1 is 1.19 bits per heavy atom. The molecule has 1 heterocycles. The van der Waals surface area contributed by atoms with Gasteiger partial charge >= 0.3 is 5.97 Å². The Bertz CT molecular complexity index is 833. The standard InChI is InChI=1S/C20H23N3O3S/c1-12-2-6-16(7-3-12)21-19(25)20-23-22-17(27-20)11-26-18(24)10-15-9-13-4-5-14(15)8-13/h2-3,6-7,13-15H,4-5,8-11H2,1H3,(H,21,25)/t13-,14-,15-/m0/s1. The van der Waals surface area contributed by atoms with Gasteiger partial charge < -0.3 is 10.1 Å². The Balaban J connectivity index is 1.25. The number of fused-ring (bicyclic) bond motifs is 2. The lowest BCUT2D eigenvalue weighted by Crippen LogP contribution is -2.16. The molecule has 1 amide bonds. The van der Waals surface area contributed by atoms with Gasteiger partial charge in [-0.1, -0.05) is 35.5 Å². The fraction of sp³-hybridized carbons (Fsp3) is 0.500. The van der Waals surface area contributed by atoms with E-state index in [9.17, 15) is 9.59 Å². The van der Waals surface area contributed by atoms with Crippen molar-refractivity contribution in [2.75, 3.05) is 5.32 Å². The molecule has 7 heteroatoms. The highest BCUT2D eigenvalue weighted by Crippen LogP contribution is 2.49. The minimum atomic E-state index is -0.309. The van der Waals surface area contributed by atoms with Crippen LogP contribution in [0, 0.1) is 24.7 Å². The summed E-state index contributed by atoms with van der Waals surface area (Å²) in [7, 11) is 0. The molecule has 1 aromatic heterocycles. The number of nitrogens with one attached hydrogen (secondary N) is 1. The number of amides is 1. The molecule has 2 aromatic rings. The molecular formula is C20H23N3O3S. The highest BCUT2D eigenvalue weighted by molar-refractivity contribution is 7.13. The van der Waals surface area contributed by atoms with Crippen LogP contribution in [0.5, 0.6) is 0 Å². The van der Waals surface area contributed by atoms with Crippen molar-refractivity contribution in [2.45, 2.75) is 45.6 Å². The summed E-state index contributed by atoms with van der Waals surface area (Å²) < 4.78 is 5.36. The lowest BCUT2D eigenvalue weighted by molar-refractivity contribution is -0.146. The van der Waals surface area contributed by atoms with Crippen LogP contribution in [0.3, 0.4) is 0 Å². The van der Waals surface area contributed by atoms with Crippen molar-refractivity contribution in [3.63, 3.8) is 0 Å². The van der Waals surface area contributed by atoms with Crippen LogP contribution in [0.25, 0.3) is 0 Å². The van der Waals surface area contributed by atoms with Crippen LogP contribution < -0.4 is 5.32 Å².